The van der Waals surface area contributed by atoms with Gasteiger partial charge in [0.25, 0.3) is 0 Å². The normalized spacial score (nSPS) is 4.46. The van der Waals surface area contributed by atoms with Gasteiger partial charge in [-0.15, -0.1) is 0 Å². The Morgan fingerprint density at radius 2 is 0.100 bits per heavy atom. The fourth-order valence-corrected chi connectivity index (χ4v) is 0. The van der Waals surface area contributed by atoms with E-state index in [1.54, 1.807) is 0 Å². The Morgan fingerprint density at radius 1 is 0.100 bits per heavy atom. The summed E-state index contributed by atoms with van der Waals surface area (Å²) < 4.78 is 0. The van der Waals surface area contributed by atoms with Gasteiger partial charge in [-0.2, -0.15) is 0 Å². The molecule has 0 saturated carbocycles. The molecular formula is C13H44Na18O39. The fourth-order valence-electron chi connectivity index (χ4n) is 0. The van der Waals surface area contributed by atoms with E-state index < -0.39 is 80.0 Å². The van der Waals surface area contributed by atoms with Gasteiger partial charge in [0.15, 0.2) is 0 Å². The molecule has 57 heteroatoms. The second-order valence-electron chi connectivity index (χ2n) is 3.67. The van der Waals surface area contributed by atoms with Crippen molar-refractivity contribution in [3.05, 3.63) is 0 Å². The topological polar surface area (TPSA) is 748 Å². The van der Waals surface area contributed by atoms with E-state index in [1.807, 2.05) is 0 Å². The van der Waals surface area contributed by atoms with Gasteiger partial charge in [-0.05, 0) is 0 Å². The first-order valence-corrected chi connectivity index (χ1v) is 8.47. The molecule has 0 aromatic heterocycles. The maximum atomic E-state index is 8.56. The SMILES string of the molecule is O=C(O)O.O=C(O)O.O=C(O)O.O=C(O)O.O=C(O)O.O=C(O)O.O=C(O)O.O=C(O)O.O=C(O)O.O=C(O)O.O=C(O)O.O=C(O)O.O=C(O)O.[NaH].[NaH].[NaH].[NaH].[NaH].[NaH].[NaH].[NaH].[NaH].[NaH].[NaH].[NaH].[NaH].[NaH].[NaH].[NaH].[NaH].[NaH]. The van der Waals surface area contributed by atoms with Crippen molar-refractivity contribution < 1.29 is 195 Å². The molecule has 0 radical (unpaired) electrons. The van der Waals surface area contributed by atoms with Crippen LogP contribution in [0.3, 0.4) is 0 Å². The minimum absolute atomic E-state index is 0. The quantitative estimate of drug-likeness (QED) is 0.100. The van der Waals surface area contributed by atoms with Crippen LogP contribution in [0.5, 0.6) is 0 Å². The van der Waals surface area contributed by atoms with Gasteiger partial charge in [-0.3, -0.25) is 0 Å². The molecule has 0 fully saturated rings. The van der Waals surface area contributed by atoms with E-state index in [0.717, 1.165) is 0 Å². The number of hydrogen-bond acceptors (Lipinski definition) is 13. The molecule has 0 aromatic rings. The molecule has 0 aliphatic rings. The summed E-state index contributed by atoms with van der Waals surface area (Å²) in [4.78, 5) is 111. The molecular weight excluding hydrogens is 1190 g/mol. The second kappa shape index (κ2) is 201. The molecule has 0 rings (SSSR count). The van der Waals surface area contributed by atoms with Crippen molar-refractivity contribution in [2.45, 2.75) is 0 Å². The van der Waals surface area contributed by atoms with Gasteiger partial charge in [0.1, 0.15) is 0 Å². The van der Waals surface area contributed by atoms with Crippen LogP contribution in [-0.4, -0.2) is 745 Å². The standard InChI is InChI=1S/13CH2O3.18Na.18H/c13*2-1(3)4;;;;;;;;;;;;;;;;;;;;;;;;;;;;;;;;;;;;/h13*(H2,2,3,4);;;;;;;;;;;;;;;;;;;;;;;;;;;;;;;;;;;;. The third-order valence-corrected chi connectivity index (χ3v) is 0. The summed E-state index contributed by atoms with van der Waals surface area (Å²) >= 11 is 0. The van der Waals surface area contributed by atoms with Gasteiger partial charge in [0.05, 0.1) is 0 Å². The predicted octanol–water partition coefficient (Wildman–Crippen LogP) is -8.78. The van der Waals surface area contributed by atoms with Crippen LogP contribution in [-0.2, 0) is 0 Å². The Hall–Kier alpha value is 8.51. The van der Waals surface area contributed by atoms with Crippen molar-refractivity contribution in [1.82, 2.24) is 0 Å². The van der Waals surface area contributed by atoms with Crippen molar-refractivity contribution in [3.63, 3.8) is 0 Å². The molecule has 0 aromatic carbocycles. The average molecular weight is 1240 g/mol. The number of carbonyl (C=O) groups is 13. The Kier molecular flexibility index (Phi) is 600. The Morgan fingerprint density at radius 3 is 0.100 bits per heavy atom. The molecule has 0 unspecified atom stereocenters. The Labute approximate surface area is 787 Å². The summed E-state index contributed by atoms with van der Waals surface area (Å²) in [6, 6.07) is 0. The first kappa shape index (κ1) is 209. The minimum atomic E-state index is -1.83. The summed E-state index contributed by atoms with van der Waals surface area (Å²) in [6.45, 7) is 0. The monoisotopic (exact) mass is 1240 g/mol. The van der Waals surface area contributed by atoms with Crippen molar-refractivity contribution in [2.75, 3.05) is 0 Å². The van der Waals surface area contributed by atoms with Gasteiger partial charge < -0.3 is 133 Å². The summed E-state index contributed by atoms with van der Waals surface area (Å²) in [5, 5.41) is 181. The molecule has 0 amide bonds. The zero-order valence-corrected chi connectivity index (χ0v) is 23.4. The summed E-state index contributed by atoms with van der Waals surface area (Å²) in [6.07, 6.45) is -23.8. The molecule has 0 aliphatic heterocycles. The summed E-state index contributed by atoms with van der Waals surface area (Å²) in [5.74, 6) is 0. The molecule has 348 valence electrons. The molecule has 0 spiro atoms. The van der Waals surface area contributed by atoms with Crippen LogP contribution in [0.4, 0.5) is 62.3 Å². The van der Waals surface area contributed by atoms with Gasteiger partial charge in [-0.25, -0.2) is 62.3 Å². The van der Waals surface area contributed by atoms with E-state index in [-0.39, 0.29) is 532 Å². The van der Waals surface area contributed by atoms with Crippen LogP contribution in [0.2, 0.25) is 0 Å². The first-order chi connectivity index (χ1) is 22.5. The van der Waals surface area contributed by atoms with Crippen LogP contribution in [0, 0.1) is 0 Å². The fraction of sp³-hybridized carbons (Fsp3) is 0. The van der Waals surface area contributed by atoms with Crippen LogP contribution in [0.25, 0.3) is 0 Å². The van der Waals surface area contributed by atoms with E-state index in [1.165, 1.54) is 0 Å². The van der Waals surface area contributed by atoms with Crippen molar-refractivity contribution in [2.24, 2.45) is 0 Å². The molecule has 70 heavy (non-hydrogen) atoms. The Bertz CT molecular complexity index is 688. The van der Waals surface area contributed by atoms with Crippen molar-refractivity contribution >= 4 is 612 Å². The van der Waals surface area contributed by atoms with E-state index in [9.17, 15) is 0 Å². The van der Waals surface area contributed by atoms with Crippen LogP contribution in [0.1, 0.15) is 0 Å². The van der Waals surface area contributed by atoms with Gasteiger partial charge in [0, 0.05) is 0 Å². The predicted molar refractivity (Wildman–Crippen MR) is 267 cm³/mol. The Balaban J connectivity index is -0.00000000795. The van der Waals surface area contributed by atoms with Crippen molar-refractivity contribution in [3.8, 4) is 0 Å². The van der Waals surface area contributed by atoms with Gasteiger partial charge in [-0.1, -0.05) is 0 Å². The van der Waals surface area contributed by atoms with Crippen LogP contribution in [0.15, 0.2) is 0 Å². The molecule has 0 saturated heterocycles. The van der Waals surface area contributed by atoms with E-state index in [0.29, 0.717) is 0 Å². The maximum absolute atomic E-state index is 8.56. The van der Waals surface area contributed by atoms with Crippen molar-refractivity contribution in [1.29, 1.82) is 0 Å². The van der Waals surface area contributed by atoms with Crippen LogP contribution < -0.4 is 0 Å². The van der Waals surface area contributed by atoms with Gasteiger partial charge >= 0.3 is 612 Å². The van der Waals surface area contributed by atoms with Crippen LogP contribution >= 0.6 is 0 Å². The second-order valence-corrected chi connectivity index (χ2v) is 3.67. The number of hydrogen-bond donors (Lipinski definition) is 26. The molecule has 39 nitrogen and oxygen atoms in total. The first-order valence-electron chi connectivity index (χ1n) is 8.47. The van der Waals surface area contributed by atoms with E-state index in [2.05, 4.69) is 0 Å². The molecule has 26 N–H and O–H groups in total. The zero-order chi connectivity index (χ0) is 46.5. The number of carboxylic acid groups (broad SMARTS) is 26. The molecule has 0 heterocycles. The zero-order valence-electron chi connectivity index (χ0n) is 23.4. The molecule has 0 bridgehead atoms. The van der Waals surface area contributed by atoms with Gasteiger partial charge in [0.2, 0.25) is 0 Å². The summed E-state index contributed by atoms with van der Waals surface area (Å²) in [7, 11) is 0. The van der Waals surface area contributed by atoms with E-state index in [4.69, 9.17) is 195 Å². The third-order valence-electron chi connectivity index (χ3n) is 0. The average Bonchev–Trinajstić information content (AvgIpc) is 2.67. The molecule has 0 aliphatic carbocycles. The number of rotatable bonds is 0. The third kappa shape index (κ3) is 6020. The summed E-state index contributed by atoms with van der Waals surface area (Å²) in [5.41, 5.74) is 0. The van der Waals surface area contributed by atoms with E-state index >= 15 is 0 Å². The molecule has 0 atom stereocenters.